The maximum absolute atomic E-state index is 10.8. The van der Waals surface area contributed by atoms with E-state index in [1.165, 1.54) is 0 Å². The van der Waals surface area contributed by atoms with Crippen LogP contribution >= 0.6 is 0 Å². The fourth-order valence-corrected chi connectivity index (χ4v) is 1.86. The van der Waals surface area contributed by atoms with Crippen molar-refractivity contribution in [3.05, 3.63) is 0 Å². The van der Waals surface area contributed by atoms with Crippen LogP contribution in [0, 0.1) is 0 Å². The van der Waals surface area contributed by atoms with Crippen molar-refractivity contribution in [3.63, 3.8) is 0 Å². The summed E-state index contributed by atoms with van der Waals surface area (Å²) in [5.41, 5.74) is 0. The van der Waals surface area contributed by atoms with Gasteiger partial charge in [0, 0.05) is 0 Å². The van der Waals surface area contributed by atoms with Crippen LogP contribution in [0.2, 0.25) is 0 Å². The van der Waals surface area contributed by atoms with Gasteiger partial charge in [-0.25, -0.2) is 0 Å². The van der Waals surface area contributed by atoms with E-state index in [9.17, 15) is 15.0 Å². The average molecular weight is 204 g/mol. The van der Waals surface area contributed by atoms with Gasteiger partial charge in [-0.2, -0.15) is 0 Å². The number of carbonyl (C=O) groups is 1. The summed E-state index contributed by atoms with van der Waals surface area (Å²) in [5.74, 6) is -0.406. The minimum Gasteiger partial charge on any atom is -0.457 e. The molecule has 80 valence electrons. The molecule has 2 fully saturated rings. The number of fused-ring (bicyclic) bond motifs is 1. The van der Waals surface area contributed by atoms with E-state index in [1.54, 1.807) is 0 Å². The van der Waals surface area contributed by atoms with Gasteiger partial charge >= 0.3 is 5.97 Å². The fraction of sp³-hybridized carbons (Fsp3) is 0.875. The predicted octanol–water partition coefficient (Wildman–Crippen LogP) is -2.22. The molecule has 0 radical (unpaired) electrons. The lowest BCUT2D eigenvalue weighted by molar-refractivity contribution is -0.147. The topological polar surface area (TPSA) is 96.2 Å². The second kappa shape index (κ2) is 3.47. The highest BCUT2D eigenvalue weighted by Gasteiger charge is 2.52. The second-order valence-corrected chi connectivity index (χ2v) is 3.54. The van der Waals surface area contributed by atoms with Crippen LogP contribution in [-0.4, -0.2) is 58.4 Å². The van der Waals surface area contributed by atoms with Crippen LogP contribution in [0.3, 0.4) is 0 Å². The standard InChI is InChI=1S/C8H12O6/c9-2-3(10)7-6(12)8-4(13-7)1-5(11)14-8/h3-4,6-10,12H,1-2H2/t3-,4+,6+,7-,8-/m1/s1. The fourth-order valence-electron chi connectivity index (χ4n) is 1.86. The Bertz CT molecular complexity index is 242. The molecule has 0 spiro atoms. The van der Waals surface area contributed by atoms with E-state index in [-0.39, 0.29) is 6.42 Å². The largest absolute Gasteiger partial charge is 0.457 e. The first-order valence-corrected chi connectivity index (χ1v) is 4.45. The van der Waals surface area contributed by atoms with Crippen molar-refractivity contribution in [1.29, 1.82) is 0 Å². The van der Waals surface area contributed by atoms with Crippen LogP contribution in [0.25, 0.3) is 0 Å². The van der Waals surface area contributed by atoms with Crippen LogP contribution in [0.15, 0.2) is 0 Å². The van der Waals surface area contributed by atoms with Gasteiger partial charge in [0.2, 0.25) is 0 Å². The Labute approximate surface area is 80.1 Å². The summed E-state index contributed by atoms with van der Waals surface area (Å²) >= 11 is 0. The van der Waals surface area contributed by atoms with Crippen LogP contribution in [0.4, 0.5) is 0 Å². The van der Waals surface area contributed by atoms with E-state index >= 15 is 0 Å². The lowest BCUT2D eigenvalue weighted by Crippen LogP contribution is -2.41. The monoisotopic (exact) mass is 204 g/mol. The molecule has 0 amide bonds. The normalized spacial score (nSPS) is 43.5. The van der Waals surface area contributed by atoms with Crippen molar-refractivity contribution >= 4 is 5.97 Å². The Hall–Kier alpha value is -0.690. The van der Waals surface area contributed by atoms with Crippen LogP contribution in [-0.2, 0) is 14.3 Å². The highest BCUT2D eigenvalue weighted by Crippen LogP contribution is 2.32. The summed E-state index contributed by atoms with van der Waals surface area (Å²) in [6.07, 6.45) is -4.18. The number of esters is 1. The van der Waals surface area contributed by atoms with Crippen molar-refractivity contribution in [2.75, 3.05) is 6.61 Å². The van der Waals surface area contributed by atoms with E-state index in [0.29, 0.717) is 0 Å². The van der Waals surface area contributed by atoms with Gasteiger partial charge in [-0.3, -0.25) is 4.79 Å². The number of rotatable bonds is 2. The van der Waals surface area contributed by atoms with E-state index < -0.39 is 43.1 Å². The van der Waals surface area contributed by atoms with Gasteiger partial charge in [0.25, 0.3) is 0 Å². The van der Waals surface area contributed by atoms with Gasteiger partial charge < -0.3 is 24.8 Å². The summed E-state index contributed by atoms with van der Waals surface area (Å²) in [7, 11) is 0. The summed E-state index contributed by atoms with van der Waals surface area (Å²) in [4.78, 5) is 10.8. The number of hydrogen-bond donors (Lipinski definition) is 3. The summed E-state index contributed by atoms with van der Waals surface area (Å²) in [5, 5.41) is 27.6. The molecule has 2 rings (SSSR count). The molecule has 6 heteroatoms. The highest BCUT2D eigenvalue weighted by molar-refractivity contribution is 5.73. The van der Waals surface area contributed by atoms with Crippen LogP contribution in [0.1, 0.15) is 6.42 Å². The maximum atomic E-state index is 10.8. The highest BCUT2D eigenvalue weighted by atomic mass is 16.6. The Kier molecular flexibility index (Phi) is 2.44. The minimum absolute atomic E-state index is 0.0936. The number of aliphatic hydroxyl groups excluding tert-OH is 3. The molecular formula is C8H12O6. The molecule has 3 N–H and O–H groups in total. The van der Waals surface area contributed by atoms with Crippen molar-refractivity contribution in [2.24, 2.45) is 0 Å². The van der Waals surface area contributed by atoms with Crippen molar-refractivity contribution < 1.29 is 29.6 Å². The second-order valence-electron chi connectivity index (χ2n) is 3.54. The van der Waals surface area contributed by atoms with E-state index in [4.69, 9.17) is 14.6 Å². The van der Waals surface area contributed by atoms with E-state index in [2.05, 4.69) is 0 Å². The zero-order chi connectivity index (χ0) is 10.3. The molecule has 0 aliphatic carbocycles. The molecule has 0 saturated carbocycles. The van der Waals surface area contributed by atoms with E-state index in [0.717, 1.165) is 0 Å². The molecule has 2 aliphatic rings. The first kappa shape index (κ1) is 9.85. The molecule has 0 unspecified atom stereocenters. The quantitative estimate of drug-likeness (QED) is 0.441. The number of hydrogen-bond acceptors (Lipinski definition) is 6. The molecule has 0 aromatic rings. The summed E-state index contributed by atoms with van der Waals surface area (Å²) in [6.45, 7) is -0.491. The van der Waals surface area contributed by atoms with Crippen LogP contribution in [0.5, 0.6) is 0 Å². The molecule has 0 aromatic heterocycles. The smallest absolute Gasteiger partial charge is 0.309 e. The molecule has 14 heavy (non-hydrogen) atoms. The zero-order valence-corrected chi connectivity index (χ0v) is 7.37. The SMILES string of the molecule is O=C1C[C@@H]2O[C@H]([C@H](O)CO)[C@H](O)[C@@H]2O1. The van der Waals surface area contributed by atoms with Gasteiger partial charge in [-0.15, -0.1) is 0 Å². The molecule has 2 aliphatic heterocycles. The maximum Gasteiger partial charge on any atom is 0.309 e. The molecule has 0 aromatic carbocycles. The van der Waals surface area contributed by atoms with Crippen molar-refractivity contribution in [2.45, 2.75) is 36.9 Å². The van der Waals surface area contributed by atoms with Crippen LogP contribution < -0.4 is 0 Å². The molecule has 2 heterocycles. The minimum atomic E-state index is -1.14. The Morgan fingerprint density at radius 3 is 2.86 bits per heavy atom. The average Bonchev–Trinajstić information content (AvgIpc) is 2.64. The summed E-state index contributed by atoms with van der Waals surface area (Å²) in [6, 6.07) is 0. The molecule has 5 atom stereocenters. The third-order valence-electron chi connectivity index (χ3n) is 2.57. The third kappa shape index (κ3) is 1.40. The van der Waals surface area contributed by atoms with Gasteiger partial charge in [-0.05, 0) is 0 Å². The molecule has 2 saturated heterocycles. The van der Waals surface area contributed by atoms with Gasteiger partial charge in [0.05, 0.1) is 13.0 Å². The van der Waals surface area contributed by atoms with Crippen molar-refractivity contribution in [1.82, 2.24) is 0 Å². The van der Waals surface area contributed by atoms with Gasteiger partial charge in [-0.1, -0.05) is 0 Å². The Morgan fingerprint density at radius 1 is 1.57 bits per heavy atom. The lowest BCUT2D eigenvalue weighted by atomic mass is 10.0. The first-order valence-electron chi connectivity index (χ1n) is 4.45. The molecule has 6 nitrogen and oxygen atoms in total. The summed E-state index contributed by atoms with van der Waals surface area (Å²) < 4.78 is 10.0. The van der Waals surface area contributed by atoms with Crippen molar-refractivity contribution in [3.8, 4) is 0 Å². The number of carbonyl (C=O) groups excluding carboxylic acids is 1. The number of aliphatic hydroxyl groups is 3. The van der Waals surface area contributed by atoms with Gasteiger partial charge in [0.1, 0.15) is 24.4 Å². The number of ether oxygens (including phenoxy) is 2. The lowest BCUT2D eigenvalue weighted by Gasteiger charge is -2.20. The predicted molar refractivity (Wildman–Crippen MR) is 42.3 cm³/mol. The molecular weight excluding hydrogens is 192 g/mol. The Balaban J connectivity index is 2.05. The zero-order valence-electron chi connectivity index (χ0n) is 7.37. The Morgan fingerprint density at radius 2 is 2.29 bits per heavy atom. The van der Waals surface area contributed by atoms with E-state index in [1.807, 2.05) is 0 Å². The van der Waals surface area contributed by atoms with Gasteiger partial charge in [0.15, 0.2) is 6.10 Å². The molecule has 0 bridgehead atoms. The third-order valence-corrected chi connectivity index (χ3v) is 2.57. The first-order chi connectivity index (χ1) is 6.63.